The number of nitrogens with one attached hydrogen (secondary N) is 1. The van der Waals surface area contributed by atoms with Crippen molar-refractivity contribution in [3.8, 4) is 0 Å². The highest BCUT2D eigenvalue weighted by Crippen LogP contribution is 2.24. The first kappa shape index (κ1) is 14.3. The second kappa shape index (κ2) is 6.36. The number of amides is 2. The predicted molar refractivity (Wildman–Crippen MR) is 71.9 cm³/mol. The number of carbonyl (C=O) groups is 2. The standard InChI is InChI=1S/C14H17FN2O3/c1-2-20-14(19)16-8-10-7-13(18)17(9-10)12-5-3-11(15)4-6-12/h3-6,10H,2,7-9H2,1H3,(H,16,19)/t10-/m1/s1. The van der Waals surface area contributed by atoms with Gasteiger partial charge >= 0.3 is 6.09 Å². The summed E-state index contributed by atoms with van der Waals surface area (Å²) in [6.07, 6.45) is -0.107. The van der Waals surface area contributed by atoms with Crippen molar-refractivity contribution < 1.29 is 18.7 Å². The van der Waals surface area contributed by atoms with Crippen LogP contribution in [0.1, 0.15) is 13.3 Å². The number of hydrogen-bond donors (Lipinski definition) is 1. The van der Waals surface area contributed by atoms with Gasteiger partial charge < -0.3 is 15.0 Å². The van der Waals surface area contributed by atoms with Crippen molar-refractivity contribution in [2.45, 2.75) is 13.3 Å². The minimum atomic E-state index is -0.472. The molecule has 0 aromatic heterocycles. The molecule has 0 spiro atoms. The molecule has 1 heterocycles. The molecular weight excluding hydrogens is 263 g/mol. The second-order valence-corrected chi connectivity index (χ2v) is 4.65. The summed E-state index contributed by atoms with van der Waals surface area (Å²) in [5.41, 5.74) is 0.676. The summed E-state index contributed by atoms with van der Waals surface area (Å²) in [4.78, 5) is 24.7. The number of anilines is 1. The summed E-state index contributed by atoms with van der Waals surface area (Å²) in [6, 6.07) is 5.81. The van der Waals surface area contributed by atoms with Gasteiger partial charge in [-0.3, -0.25) is 4.79 Å². The van der Waals surface area contributed by atoms with Crippen LogP contribution in [0.2, 0.25) is 0 Å². The Bertz CT molecular complexity index is 490. The zero-order valence-corrected chi connectivity index (χ0v) is 11.3. The lowest BCUT2D eigenvalue weighted by Gasteiger charge is -2.16. The third-order valence-electron chi connectivity index (χ3n) is 3.15. The van der Waals surface area contributed by atoms with Crippen LogP contribution >= 0.6 is 0 Å². The van der Waals surface area contributed by atoms with E-state index in [4.69, 9.17) is 4.74 Å². The van der Waals surface area contributed by atoms with Gasteiger partial charge in [0.1, 0.15) is 5.82 Å². The van der Waals surface area contributed by atoms with Crippen LogP contribution in [0.25, 0.3) is 0 Å². The highest BCUT2D eigenvalue weighted by molar-refractivity contribution is 5.95. The molecule has 1 saturated heterocycles. The molecule has 2 amide bonds. The molecule has 0 unspecified atom stereocenters. The quantitative estimate of drug-likeness (QED) is 0.916. The van der Waals surface area contributed by atoms with E-state index in [1.807, 2.05) is 0 Å². The van der Waals surface area contributed by atoms with E-state index in [0.29, 0.717) is 31.8 Å². The molecule has 0 bridgehead atoms. The van der Waals surface area contributed by atoms with Gasteiger partial charge in [-0.05, 0) is 31.2 Å². The van der Waals surface area contributed by atoms with Gasteiger partial charge in [-0.1, -0.05) is 0 Å². The number of rotatable bonds is 4. The Labute approximate surface area is 116 Å². The van der Waals surface area contributed by atoms with Gasteiger partial charge in [-0.25, -0.2) is 9.18 Å². The van der Waals surface area contributed by atoms with E-state index >= 15 is 0 Å². The van der Waals surface area contributed by atoms with Crippen molar-refractivity contribution in [3.63, 3.8) is 0 Å². The summed E-state index contributed by atoms with van der Waals surface area (Å²) < 4.78 is 17.6. The van der Waals surface area contributed by atoms with Gasteiger partial charge in [0.15, 0.2) is 0 Å². The molecule has 0 radical (unpaired) electrons. The largest absolute Gasteiger partial charge is 0.450 e. The van der Waals surface area contributed by atoms with Gasteiger partial charge in [0.25, 0.3) is 0 Å². The number of hydrogen-bond acceptors (Lipinski definition) is 3. The molecule has 1 aromatic rings. The first-order valence-corrected chi connectivity index (χ1v) is 6.56. The predicted octanol–water partition coefficient (Wildman–Crippen LogP) is 1.92. The highest BCUT2D eigenvalue weighted by Gasteiger charge is 2.30. The Hall–Kier alpha value is -2.11. The summed E-state index contributed by atoms with van der Waals surface area (Å²) in [7, 11) is 0. The molecule has 0 saturated carbocycles. The number of alkyl carbamates (subject to hydrolysis) is 1. The molecule has 1 N–H and O–H groups in total. The van der Waals surface area contributed by atoms with Crippen molar-refractivity contribution >= 4 is 17.7 Å². The summed E-state index contributed by atoms with van der Waals surface area (Å²) in [6.45, 7) is 2.95. The Morgan fingerprint density at radius 3 is 2.80 bits per heavy atom. The molecule has 1 atom stereocenters. The van der Waals surface area contributed by atoms with Crippen molar-refractivity contribution in [1.82, 2.24) is 5.32 Å². The summed E-state index contributed by atoms with van der Waals surface area (Å²) in [5.74, 6) is -0.315. The Morgan fingerprint density at radius 1 is 1.45 bits per heavy atom. The third kappa shape index (κ3) is 3.46. The van der Waals surface area contributed by atoms with Crippen molar-refractivity contribution in [3.05, 3.63) is 30.1 Å². The lowest BCUT2D eigenvalue weighted by Crippen LogP contribution is -2.31. The van der Waals surface area contributed by atoms with E-state index in [-0.39, 0.29) is 17.6 Å². The van der Waals surface area contributed by atoms with Crippen LogP contribution in [-0.2, 0) is 9.53 Å². The van der Waals surface area contributed by atoms with E-state index < -0.39 is 6.09 Å². The maximum absolute atomic E-state index is 12.9. The minimum absolute atomic E-state index is 0.0210. The van der Waals surface area contributed by atoms with Gasteiger partial charge in [-0.2, -0.15) is 0 Å². The Balaban J connectivity index is 1.90. The van der Waals surface area contributed by atoms with Crippen molar-refractivity contribution in [1.29, 1.82) is 0 Å². The fraction of sp³-hybridized carbons (Fsp3) is 0.429. The average Bonchev–Trinajstić information content (AvgIpc) is 2.79. The van der Waals surface area contributed by atoms with Crippen LogP contribution in [0, 0.1) is 11.7 Å². The molecule has 1 aliphatic rings. The molecule has 1 aliphatic heterocycles. The number of nitrogens with zero attached hydrogens (tertiary/aromatic N) is 1. The van der Waals surface area contributed by atoms with Crippen molar-refractivity contribution in [2.24, 2.45) is 5.92 Å². The average molecular weight is 280 g/mol. The maximum atomic E-state index is 12.9. The number of benzene rings is 1. The highest BCUT2D eigenvalue weighted by atomic mass is 19.1. The van der Waals surface area contributed by atoms with Crippen LogP contribution in [-0.4, -0.2) is 31.7 Å². The van der Waals surface area contributed by atoms with E-state index in [0.717, 1.165) is 0 Å². The molecule has 1 aromatic carbocycles. The number of ether oxygens (including phenoxy) is 1. The monoisotopic (exact) mass is 280 g/mol. The van der Waals surface area contributed by atoms with Crippen LogP contribution in [0.4, 0.5) is 14.9 Å². The molecule has 2 rings (SSSR count). The minimum Gasteiger partial charge on any atom is -0.450 e. The fourth-order valence-electron chi connectivity index (χ4n) is 2.20. The number of halogens is 1. The Kier molecular flexibility index (Phi) is 4.55. The molecule has 5 nitrogen and oxygen atoms in total. The molecule has 1 fully saturated rings. The molecule has 6 heteroatoms. The molecule has 108 valence electrons. The molecule has 0 aliphatic carbocycles. The van der Waals surface area contributed by atoms with E-state index in [2.05, 4.69) is 5.32 Å². The van der Waals surface area contributed by atoms with Gasteiger partial charge in [0.05, 0.1) is 6.61 Å². The molecule has 20 heavy (non-hydrogen) atoms. The van der Waals surface area contributed by atoms with Crippen molar-refractivity contribution in [2.75, 3.05) is 24.6 Å². The zero-order chi connectivity index (χ0) is 14.5. The SMILES string of the molecule is CCOC(=O)NC[C@H]1CC(=O)N(c2ccc(F)cc2)C1. The Morgan fingerprint density at radius 2 is 2.15 bits per heavy atom. The van der Waals surface area contributed by atoms with Crippen LogP contribution in [0.15, 0.2) is 24.3 Å². The summed E-state index contributed by atoms with van der Waals surface area (Å²) >= 11 is 0. The number of carbonyl (C=O) groups excluding carboxylic acids is 2. The maximum Gasteiger partial charge on any atom is 0.407 e. The first-order valence-electron chi connectivity index (χ1n) is 6.56. The fourth-order valence-corrected chi connectivity index (χ4v) is 2.20. The second-order valence-electron chi connectivity index (χ2n) is 4.65. The lowest BCUT2D eigenvalue weighted by atomic mass is 10.1. The first-order chi connectivity index (χ1) is 9.60. The van der Waals surface area contributed by atoms with Gasteiger partial charge in [0, 0.05) is 31.1 Å². The van der Waals surface area contributed by atoms with Crippen LogP contribution < -0.4 is 10.2 Å². The normalized spacial score (nSPS) is 18.2. The van der Waals surface area contributed by atoms with Crippen LogP contribution in [0.5, 0.6) is 0 Å². The van der Waals surface area contributed by atoms with Gasteiger partial charge in [-0.15, -0.1) is 0 Å². The lowest BCUT2D eigenvalue weighted by molar-refractivity contribution is -0.117. The molecular formula is C14H17FN2O3. The van der Waals surface area contributed by atoms with Gasteiger partial charge in [0.2, 0.25) is 5.91 Å². The van der Waals surface area contributed by atoms with E-state index in [9.17, 15) is 14.0 Å². The zero-order valence-electron chi connectivity index (χ0n) is 11.3. The smallest absolute Gasteiger partial charge is 0.407 e. The summed E-state index contributed by atoms with van der Waals surface area (Å²) in [5, 5.41) is 2.63. The van der Waals surface area contributed by atoms with Crippen LogP contribution in [0.3, 0.4) is 0 Å². The van der Waals surface area contributed by atoms with E-state index in [1.165, 1.54) is 12.1 Å². The van der Waals surface area contributed by atoms with E-state index in [1.54, 1.807) is 24.0 Å². The third-order valence-corrected chi connectivity index (χ3v) is 3.15. The topological polar surface area (TPSA) is 58.6 Å².